The maximum absolute atomic E-state index is 11.5. The molecule has 18 heavy (non-hydrogen) atoms. The lowest BCUT2D eigenvalue weighted by atomic mass is 9.83. The molecule has 1 aliphatic carbocycles. The number of aliphatic carboxylic acids is 1. The van der Waals surface area contributed by atoms with Crippen LogP contribution in [0.5, 0.6) is 0 Å². The third-order valence-electron chi connectivity index (χ3n) is 3.60. The second-order valence-electron chi connectivity index (χ2n) is 5.18. The molecule has 0 aromatic rings. The van der Waals surface area contributed by atoms with E-state index in [0.717, 1.165) is 31.6 Å². The molecule has 2 amide bonds. The van der Waals surface area contributed by atoms with E-state index in [1.54, 1.807) is 0 Å². The lowest BCUT2D eigenvalue weighted by Gasteiger charge is -2.29. The molecular weight excluding hydrogens is 232 g/mol. The molecule has 5 heteroatoms. The van der Waals surface area contributed by atoms with Crippen molar-refractivity contribution in [2.24, 2.45) is 5.92 Å². The minimum atomic E-state index is -1.02. The SMILES string of the molecule is CCCC1CCC(NC(=O)N[C@@H](C)C(=O)O)CC1. The first-order valence-electron chi connectivity index (χ1n) is 6.82. The van der Waals surface area contributed by atoms with Gasteiger partial charge in [0.15, 0.2) is 0 Å². The van der Waals surface area contributed by atoms with E-state index >= 15 is 0 Å². The van der Waals surface area contributed by atoms with E-state index in [9.17, 15) is 9.59 Å². The molecule has 0 unspecified atom stereocenters. The number of carbonyl (C=O) groups is 2. The highest BCUT2D eigenvalue weighted by molar-refractivity contribution is 5.82. The number of hydrogen-bond donors (Lipinski definition) is 3. The van der Waals surface area contributed by atoms with Crippen molar-refractivity contribution >= 4 is 12.0 Å². The molecule has 5 nitrogen and oxygen atoms in total. The summed E-state index contributed by atoms with van der Waals surface area (Å²) < 4.78 is 0. The van der Waals surface area contributed by atoms with Crippen LogP contribution >= 0.6 is 0 Å². The molecule has 1 saturated carbocycles. The fourth-order valence-electron chi connectivity index (χ4n) is 2.49. The minimum absolute atomic E-state index is 0.194. The average molecular weight is 256 g/mol. The number of urea groups is 1. The maximum Gasteiger partial charge on any atom is 0.325 e. The Labute approximate surface area is 108 Å². The molecule has 104 valence electrons. The molecule has 0 heterocycles. The van der Waals surface area contributed by atoms with Crippen LogP contribution < -0.4 is 10.6 Å². The van der Waals surface area contributed by atoms with Gasteiger partial charge in [-0.15, -0.1) is 0 Å². The summed E-state index contributed by atoms with van der Waals surface area (Å²) >= 11 is 0. The van der Waals surface area contributed by atoms with Gasteiger partial charge in [0.1, 0.15) is 6.04 Å². The molecule has 0 bridgehead atoms. The summed E-state index contributed by atoms with van der Waals surface area (Å²) in [6.45, 7) is 3.66. The van der Waals surface area contributed by atoms with E-state index < -0.39 is 12.0 Å². The zero-order chi connectivity index (χ0) is 13.5. The van der Waals surface area contributed by atoms with Gasteiger partial charge in [0.2, 0.25) is 0 Å². The fourth-order valence-corrected chi connectivity index (χ4v) is 2.49. The fraction of sp³-hybridized carbons (Fsp3) is 0.846. The van der Waals surface area contributed by atoms with Crippen molar-refractivity contribution in [3.05, 3.63) is 0 Å². The Morgan fingerprint density at radius 1 is 1.28 bits per heavy atom. The van der Waals surface area contributed by atoms with Crippen LogP contribution in [-0.4, -0.2) is 29.2 Å². The molecule has 0 aliphatic heterocycles. The second kappa shape index (κ2) is 7.24. The van der Waals surface area contributed by atoms with Crippen LogP contribution in [0.15, 0.2) is 0 Å². The standard InChI is InChI=1S/C13H24N2O3/c1-3-4-10-5-7-11(8-6-10)15-13(18)14-9(2)12(16)17/h9-11H,3-8H2,1-2H3,(H,16,17)(H2,14,15,18)/t9-,10?,11?/m0/s1. The summed E-state index contributed by atoms with van der Waals surface area (Å²) in [5, 5.41) is 14.0. The Morgan fingerprint density at radius 2 is 1.89 bits per heavy atom. The van der Waals surface area contributed by atoms with Gasteiger partial charge >= 0.3 is 12.0 Å². The van der Waals surface area contributed by atoms with Crippen molar-refractivity contribution < 1.29 is 14.7 Å². The van der Waals surface area contributed by atoms with Gasteiger partial charge in [-0.1, -0.05) is 19.8 Å². The summed E-state index contributed by atoms with van der Waals surface area (Å²) in [6.07, 6.45) is 6.81. The normalized spacial score (nSPS) is 25.2. The van der Waals surface area contributed by atoms with Crippen LogP contribution in [0.4, 0.5) is 4.79 Å². The average Bonchev–Trinajstić information content (AvgIpc) is 2.31. The van der Waals surface area contributed by atoms with Crippen LogP contribution in [0.25, 0.3) is 0 Å². The molecule has 0 aromatic carbocycles. The first-order valence-corrected chi connectivity index (χ1v) is 6.82. The molecule has 0 spiro atoms. The van der Waals surface area contributed by atoms with E-state index in [0.29, 0.717) is 0 Å². The van der Waals surface area contributed by atoms with E-state index in [2.05, 4.69) is 17.6 Å². The highest BCUT2D eigenvalue weighted by atomic mass is 16.4. The van der Waals surface area contributed by atoms with Crippen molar-refractivity contribution in [3.63, 3.8) is 0 Å². The molecule has 0 saturated heterocycles. The van der Waals surface area contributed by atoms with Gasteiger partial charge in [-0.2, -0.15) is 0 Å². The molecule has 0 radical (unpaired) electrons. The first kappa shape index (κ1) is 14.8. The quantitative estimate of drug-likeness (QED) is 0.705. The van der Waals surface area contributed by atoms with Gasteiger partial charge < -0.3 is 15.7 Å². The van der Waals surface area contributed by atoms with Gasteiger partial charge in [0, 0.05) is 6.04 Å². The predicted molar refractivity (Wildman–Crippen MR) is 69.4 cm³/mol. The minimum Gasteiger partial charge on any atom is -0.480 e. The molecule has 0 aromatic heterocycles. The van der Waals surface area contributed by atoms with Crippen LogP contribution in [0, 0.1) is 5.92 Å². The number of carboxylic acid groups (broad SMARTS) is 1. The van der Waals surface area contributed by atoms with Crippen molar-refractivity contribution in [1.29, 1.82) is 0 Å². The monoisotopic (exact) mass is 256 g/mol. The highest BCUT2D eigenvalue weighted by Gasteiger charge is 2.22. The Kier molecular flexibility index (Phi) is 5.95. The summed E-state index contributed by atoms with van der Waals surface area (Å²) in [6, 6.07) is -1.02. The first-order chi connectivity index (χ1) is 8.52. The second-order valence-corrected chi connectivity index (χ2v) is 5.18. The number of rotatable bonds is 5. The number of nitrogens with one attached hydrogen (secondary N) is 2. The molecule has 1 aliphatic rings. The highest BCUT2D eigenvalue weighted by Crippen LogP contribution is 2.27. The van der Waals surface area contributed by atoms with Gasteiger partial charge in [0.05, 0.1) is 0 Å². The lowest BCUT2D eigenvalue weighted by Crippen LogP contribution is -2.48. The number of carbonyl (C=O) groups excluding carboxylic acids is 1. The van der Waals surface area contributed by atoms with Gasteiger partial charge in [-0.05, 0) is 38.5 Å². The van der Waals surface area contributed by atoms with Gasteiger partial charge in [0.25, 0.3) is 0 Å². The number of carboxylic acids is 1. The van der Waals surface area contributed by atoms with Crippen LogP contribution in [0.2, 0.25) is 0 Å². The van der Waals surface area contributed by atoms with Crippen molar-refractivity contribution in [2.75, 3.05) is 0 Å². The summed E-state index contributed by atoms with van der Waals surface area (Å²) in [7, 11) is 0. The largest absolute Gasteiger partial charge is 0.480 e. The molecule has 1 atom stereocenters. The van der Waals surface area contributed by atoms with Crippen molar-refractivity contribution in [2.45, 2.75) is 64.5 Å². The third kappa shape index (κ3) is 4.94. The number of amides is 2. The van der Waals surface area contributed by atoms with Gasteiger partial charge in [-0.3, -0.25) is 4.79 Å². The Morgan fingerprint density at radius 3 is 2.39 bits per heavy atom. The Hall–Kier alpha value is -1.26. The zero-order valence-electron chi connectivity index (χ0n) is 11.2. The maximum atomic E-state index is 11.5. The molecule has 1 fully saturated rings. The third-order valence-corrected chi connectivity index (χ3v) is 3.60. The van der Waals surface area contributed by atoms with E-state index in [1.807, 2.05) is 0 Å². The molecule has 1 rings (SSSR count). The Bertz CT molecular complexity index is 286. The summed E-state index contributed by atoms with van der Waals surface area (Å²) in [5.41, 5.74) is 0. The van der Waals surface area contributed by atoms with E-state index in [4.69, 9.17) is 5.11 Å². The summed E-state index contributed by atoms with van der Waals surface area (Å²) in [5.74, 6) is -0.217. The van der Waals surface area contributed by atoms with Crippen molar-refractivity contribution in [3.8, 4) is 0 Å². The predicted octanol–water partition coefficient (Wildman–Crippen LogP) is 2.12. The molecule has 3 N–H and O–H groups in total. The topological polar surface area (TPSA) is 78.4 Å². The smallest absolute Gasteiger partial charge is 0.325 e. The lowest BCUT2D eigenvalue weighted by molar-refractivity contribution is -0.138. The number of hydrogen-bond acceptors (Lipinski definition) is 2. The van der Waals surface area contributed by atoms with Crippen LogP contribution in [-0.2, 0) is 4.79 Å². The molecular formula is C13H24N2O3. The zero-order valence-corrected chi connectivity index (χ0v) is 11.2. The van der Waals surface area contributed by atoms with E-state index in [-0.39, 0.29) is 12.1 Å². The summed E-state index contributed by atoms with van der Waals surface area (Å²) in [4.78, 5) is 22.1. The van der Waals surface area contributed by atoms with Gasteiger partial charge in [-0.25, -0.2) is 4.79 Å². The Balaban J connectivity index is 2.24. The van der Waals surface area contributed by atoms with Crippen LogP contribution in [0.1, 0.15) is 52.4 Å². The van der Waals surface area contributed by atoms with E-state index in [1.165, 1.54) is 19.8 Å². The van der Waals surface area contributed by atoms with Crippen molar-refractivity contribution in [1.82, 2.24) is 10.6 Å². The van der Waals surface area contributed by atoms with Crippen LogP contribution in [0.3, 0.4) is 0 Å².